The number of aromatic nitrogens is 2. The normalized spacial score (nSPS) is 11.1. The average Bonchev–Trinajstić information content (AvgIpc) is 3.52. The van der Waals surface area contributed by atoms with Crippen molar-refractivity contribution in [1.29, 1.82) is 5.41 Å². The maximum atomic E-state index is 15.6. The number of benzene rings is 3. The van der Waals surface area contributed by atoms with Crippen molar-refractivity contribution < 1.29 is 60.0 Å². The van der Waals surface area contributed by atoms with Crippen molar-refractivity contribution in [2.24, 2.45) is 5.73 Å². The Kier molecular flexibility index (Phi) is 14.6. The van der Waals surface area contributed by atoms with E-state index in [-0.39, 0.29) is 24.2 Å². The van der Waals surface area contributed by atoms with Crippen LogP contribution in [0.25, 0.3) is 11.3 Å². The van der Waals surface area contributed by atoms with Crippen LogP contribution < -0.4 is 20.1 Å². The molecule has 0 fully saturated rings. The van der Waals surface area contributed by atoms with E-state index in [0.717, 1.165) is 16.9 Å². The molecule has 0 saturated carbocycles. The van der Waals surface area contributed by atoms with Gasteiger partial charge in [0.25, 0.3) is 0 Å². The number of rotatable bonds is 10. The number of nitrogens with one attached hydrogen (secondary N) is 2. The van der Waals surface area contributed by atoms with Crippen LogP contribution in [-0.4, -0.2) is 63.0 Å². The minimum absolute atomic E-state index is 0.0351. The zero-order chi connectivity index (χ0) is 38.7. The number of hydrogen-bond donors (Lipinski definition) is 5. The second-order valence-corrected chi connectivity index (χ2v) is 10.7. The molecule has 276 valence electrons. The summed E-state index contributed by atoms with van der Waals surface area (Å²) in [5, 5.41) is 22.6. The quantitative estimate of drug-likeness (QED) is 0.0612. The fourth-order valence-corrected chi connectivity index (χ4v) is 3.96. The van der Waals surface area contributed by atoms with E-state index in [9.17, 15) is 26.3 Å². The van der Waals surface area contributed by atoms with Gasteiger partial charge in [0, 0.05) is 27.9 Å². The summed E-state index contributed by atoms with van der Waals surface area (Å²) in [5.74, 6) is -4.86. The zero-order valence-electron chi connectivity index (χ0n) is 26.9. The number of carboxylic acid groups (broad SMARTS) is 2. The number of amidine groups is 1. The number of aliphatic carboxylic acids is 2. The smallest absolute Gasteiger partial charge is 0.490 e. The van der Waals surface area contributed by atoms with Crippen molar-refractivity contribution in [3.63, 3.8) is 0 Å². The van der Waals surface area contributed by atoms with E-state index in [4.69, 9.17) is 52.0 Å². The molecule has 0 aliphatic rings. The van der Waals surface area contributed by atoms with Crippen molar-refractivity contribution >= 4 is 41.0 Å². The van der Waals surface area contributed by atoms with Gasteiger partial charge in [-0.2, -0.15) is 26.3 Å². The molecule has 4 aromatic rings. The second-order valence-electron chi connectivity index (χ2n) is 10.3. The molecule has 3 aromatic carbocycles. The Labute approximate surface area is 290 Å². The van der Waals surface area contributed by atoms with Crippen LogP contribution in [0, 0.1) is 11.2 Å². The highest BCUT2D eigenvalue weighted by Gasteiger charge is 2.38. The van der Waals surface area contributed by atoms with Crippen LogP contribution in [-0.2, 0) is 16.1 Å². The molecule has 0 amide bonds. The first-order chi connectivity index (χ1) is 23.6. The Hall–Kier alpha value is -5.52. The van der Waals surface area contributed by atoms with Crippen LogP contribution in [0.3, 0.4) is 0 Å². The van der Waals surface area contributed by atoms with Crippen molar-refractivity contribution in [3.05, 3.63) is 88.8 Å². The summed E-state index contributed by atoms with van der Waals surface area (Å²) in [6, 6.07) is 17.8. The predicted molar refractivity (Wildman–Crippen MR) is 173 cm³/mol. The van der Waals surface area contributed by atoms with E-state index >= 15 is 4.39 Å². The number of nitrogens with zero attached hydrogens (tertiary/aromatic N) is 2. The standard InChI is InChI=1S/C28H29ClFN5O2.2C2HF3O2/c1-4-36-23-13-20(26(30)25(14-23)37-17(2)3)16-35(22-11-7-19(8-12-22)27(31)32)28-33-15-24(34-28)18-5-9-21(29)10-6-18;2*3-2(4,5)1(6)7/h5-15,17H,4,16H2,1-3H3,(H3,31,32)(H,33,34);2*(H,6,7). The highest BCUT2D eigenvalue weighted by molar-refractivity contribution is 6.30. The molecular formula is C32H31ClF7N5O6. The van der Waals surface area contributed by atoms with E-state index in [1.54, 1.807) is 42.6 Å². The second kappa shape index (κ2) is 17.9. The van der Waals surface area contributed by atoms with Gasteiger partial charge in [-0.15, -0.1) is 0 Å². The molecule has 0 atom stereocenters. The number of imidazole rings is 1. The van der Waals surface area contributed by atoms with Crippen LogP contribution in [0.2, 0.25) is 5.02 Å². The minimum Gasteiger partial charge on any atom is -0.494 e. The van der Waals surface area contributed by atoms with Gasteiger partial charge in [0.2, 0.25) is 5.95 Å². The van der Waals surface area contributed by atoms with Crippen LogP contribution in [0.15, 0.2) is 66.9 Å². The maximum absolute atomic E-state index is 15.6. The number of nitrogen functional groups attached to an aromatic ring is 1. The first-order valence-electron chi connectivity index (χ1n) is 14.4. The number of H-pyrrole nitrogens is 1. The summed E-state index contributed by atoms with van der Waals surface area (Å²) in [7, 11) is 0. The van der Waals surface area contributed by atoms with Gasteiger partial charge in [-0.05, 0) is 68.8 Å². The molecule has 0 spiro atoms. The molecule has 6 N–H and O–H groups in total. The first-order valence-corrected chi connectivity index (χ1v) is 14.8. The predicted octanol–water partition coefficient (Wildman–Crippen LogP) is 7.94. The van der Waals surface area contributed by atoms with E-state index in [1.807, 2.05) is 49.9 Å². The first kappa shape index (κ1) is 41.7. The van der Waals surface area contributed by atoms with E-state index in [0.29, 0.717) is 34.5 Å². The van der Waals surface area contributed by atoms with Gasteiger partial charge >= 0.3 is 24.3 Å². The molecule has 0 bridgehead atoms. The number of nitrogens with two attached hydrogens (primary N) is 1. The van der Waals surface area contributed by atoms with Crippen LogP contribution in [0.4, 0.5) is 42.4 Å². The van der Waals surface area contributed by atoms with Crippen molar-refractivity contribution in [2.45, 2.75) is 45.8 Å². The third kappa shape index (κ3) is 13.0. The topological polar surface area (TPSA) is 175 Å². The van der Waals surface area contributed by atoms with Gasteiger partial charge in [0.1, 0.15) is 11.6 Å². The SMILES string of the molecule is CCOc1cc(CN(c2ccc(C(=N)N)cc2)c2ncc(-c3ccc(Cl)cc3)[nH]2)c(F)c(OC(C)C)c1.O=C(O)C(F)(F)F.O=C(O)C(F)(F)F. The third-order valence-electron chi connectivity index (χ3n) is 6.04. The Morgan fingerprint density at radius 1 is 0.980 bits per heavy atom. The summed E-state index contributed by atoms with van der Waals surface area (Å²) in [6.07, 6.45) is -8.66. The lowest BCUT2D eigenvalue weighted by Gasteiger charge is -2.24. The number of carboxylic acids is 2. The molecule has 0 saturated heterocycles. The number of halogens is 8. The lowest BCUT2D eigenvalue weighted by molar-refractivity contribution is -0.193. The maximum Gasteiger partial charge on any atom is 0.490 e. The lowest BCUT2D eigenvalue weighted by atomic mass is 10.1. The highest BCUT2D eigenvalue weighted by atomic mass is 35.5. The average molecular weight is 750 g/mol. The molecule has 4 rings (SSSR count). The Bertz CT molecular complexity index is 1760. The number of carbonyl (C=O) groups is 2. The van der Waals surface area contributed by atoms with Crippen molar-refractivity contribution in [2.75, 3.05) is 11.5 Å². The largest absolute Gasteiger partial charge is 0.494 e. The monoisotopic (exact) mass is 749 g/mol. The van der Waals surface area contributed by atoms with E-state index < -0.39 is 30.1 Å². The number of ether oxygens (including phenoxy) is 2. The fraction of sp³-hybridized carbons (Fsp3) is 0.250. The summed E-state index contributed by atoms with van der Waals surface area (Å²) < 4.78 is 90.5. The molecule has 19 heteroatoms. The van der Waals surface area contributed by atoms with Gasteiger partial charge in [-0.3, -0.25) is 5.41 Å². The fourth-order valence-electron chi connectivity index (χ4n) is 3.84. The van der Waals surface area contributed by atoms with Crippen molar-refractivity contribution in [3.8, 4) is 22.8 Å². The molecule has 0 unspecified atom stereocenters. The van der Waals surface area contributed by atoms with Crippen molar-refractivity contribution in [1.82, 2.24) is 9.97 Å². The Morgan fingerprint density at radius 2 is 1.51 bits per heavy atom. The van der Waals surface area contributed by atoms with E-state index in [1.165, 1.54) is 0 Å². The Morgan fingerprint density at radius 3 is 1.96 bits per heavy atom. The number of alkyl halides is 6. The molecule has 1 heterocycles. The Balaban J connectivity index is 0.000000543. The summed E-state index contributed by atoms with van der Waals surface area (Å²) in [4.78, 5) is 27.6. The number of anilines is 2. The molecular weight excluding hydrogens is 719 g/mol. The highest BCUT2D eigenvalue weighted by Crippen LogP contribution is 2.33. The third-order valence-corrected chi connectivity index (χ3v) is 6.29. The van der Waals surface area contributed by atoms with Gasteiger partial charge in [0.15, 0.2) is 11.6 Å². The molecule has 11 nitrogen and oxygen atoms in total. The molecule has 0 aliphatic carbocycles. The van der Waals surface area contributed by atoms with E-state index in [2.05, 4.69) is 9.97 Å². The number of hydrogen-bond acceptors (Lipinski definition) is 7. The molecule has 0 radical (unpaired) electrons. The zero-order valence-corrected chi connectivity index (χ0v) is 27.6. The van der Waals surface area contributed by atoms with Crippen LogP contribution in [0.5, 0.6) is 11.5 Å². The molecule has 1 aromatic heterocycles. The van der Waals surface area contributed by atoms with Gasteiger partial charge in [0.05, 0.1) is 31.1 Å². The summed E-state index contributed by atoms with van der Waals surface area (Å²) >= 11 is 6.04. The van der Waals surface area contributed by atoms with Crippen LogP contribution >= 0.6 is 11.6 Å². The minimum atomic E-state index is -5.08. The van der Waals surface area contributed by atoms with Gasteiger partial charge < -0.3 is 35.3 Å². The molecule has 51 heavy (non-hydrogen) atoms. The van der Waals surface area contributed by atoms with Gasteiger partial charge in [-0.25, -0.2) is 19.0 Å². The summed E-state index contributed by atoms with van der Waals surface area (Å²) in [6.45, 7) is 6.13. The number of aromatic amines is 1. The lowest BCUT2D eigenvalue weighted by Crippen LogP contribution is -2.21. The summed E-state index contributed by atoms with van der Waals surface area (Å²) in [5.41, 5.74) is 9.02. The van der Waals surface area contributed by atoms with Crippen LogP contribution in [0.1, 0.15) is 31.9 Å². The molecule has 0 aliphatic heterocycles. The van der Waals surface area contributed by atoms with Gasteiger partial charge in [-0.1, -0.05) is 23.7 Å².